The van der Waals surface area contributed by atoms with Gasteiger partial charge in [-0.2, -0.15) is 0 Å². The van der Waals surface area contributed by atoms with Gasteiger partial charge in [0.25, 0.3) is 0 Å². The molecule has 0 saturated carbocycles. The minimum absolute atomic E-state index is 0.00493. The van der Waals surface area contributed by atoms with Crippen LogP contribution in [0, 0.1) is 5.41 Å². The molecular weight excluding hydrogens is 276 g/mol. The number of aryl methyl sites for hydroxylation is 1. The van der Waals surface area contributed by atoms with Gasteiger partial charge in [-0.3, -0.25) is 9.13 Å². The fourth-order valence-electron chi connectivity index (χ4n) is 2.92. The van der Waals surface area contributed by atoms with Crippen molar-refractivity contribution in [1.82, 2.24) is 19.4 Å². The average molecular weight is 300 g/mol. The van der Waals surface area contributed by atoms with E-state index in [4.69, 9.17) is 4.98 Å². The van der Waals surface area contributed by atoms with Crippen molar-refractivity contribution in [3.63, 3.8) is 0 Å². The monoisotopic (exact) mass is 300 g/mol. The summed E-state index contributed by atoms with van der Waals surface area (Å²) in [5, 5.41) is 3.36. The molecule has 0 atom stereocenters. The maximum Gasteiger partial charge on any atom is 0.330 e. The van der Waals surface area contributed by atoms with Crippen molar-refractivity contribution in [1.29, 1.82) is 0 Å². The smallest absolute Gasteiger partial charge is 0.312 e. The van der Waals surface area contributed by atoms with Crippen LogP contribution in [0.5, 0.6) is 0 Å². The molecule has 1 N–H and O–H groups in total. The number of hydrogen-bond acceptors (Lipinski definition) is 3. The SMILES string of the molecule is Cn1c(=O)n(CC(C)(C)C)c2ccc(C3=CCCNC3)nc21. The second kappa shape index (κ2) is 5.39. The van der Waals surface area contributed by atoms with Crippen LogP contribution in [0.2, 0.25) is 0 Å². The van der Waals surface area contributed by atoms with E-state index in [-0.39, 0.29) is 11.1 Å². The number of pyridine rings is 1. The minimum atomic E-state index is 0.00493. The Morgan fingerprint density at radius 3 is 2.73 bits per heavy atom. The van der Waals surface area contributed by atoms with Crippen LogP contribution in [-0.2, 0) is 13.6 Å². The Morgan fingerprint density at radius 1 is 1.32 bits per heavy atom. The molecule has 1 aliphatic heterocycles. The third-order valence-corrected chi connectivity index (χ3v) is 3.97. The van der Waals surface area contributed by atoms with E-state index in [2.05, 4.69) is 32.2 Å². The summed E-state index contributed by atoms with van der Waals surface area (Å²) in [6, 6.07) is 4.06. The number of nitrogens with zero attached hydrogens (tertiary/aromatic N) is 3. The molecule has 0 aromatic carbocycles. The topological polar surface area (TPSA) is 51.9 Å². The fourth-order valence-corrected chi connectivity index (χ4v) is 2.92. The fraction of sp³-hybridized carbons (Fsp3) is 0.529. The van der Waals surface area contributed by atoms with Gasteiger partial charge >= 0.3 is 5.69 Å². The Morgan fingerprint density at radius 2 is 2.09 bits per heavy atom. The van der Waals surface area contributed by atoms with E-state index in [1.165, 1.54) is 5.57 Å². The summed E-state index contributed by atoms with van der Waals surface area (Å²) in [6.45, 7) is 8.96. The summed E-state index contributed by atoms with van der Waals surface area (Å²) < 4.78 is 3.49. The lowest BCUT2D eigenvalue weighted by molar-refractivity contribution is 0.342. The second-order valence-corrected chi connectivity index (χ2v) is 7.22. The second-order valence-electron chi connectivity index (χ2n) is 7.22. The zero-order chi connectivity index (χ0) is 15.9. The first kappa shape index (κ1) is 15.0. The molecule has 0 unspecified atom stereocenters. The van der Waals surface area contributed by atoms with Crippen LogP contribution in [0.1, 0.15) is 32.9 Å². The summed E-state index contributed by atoms with van der Waals surface area (Å²) in [6.07, 6.45) is 3.26. The first-order valence-electron chi connectivity index (χ1n) is 7.83. The zero-order valence-electron chi connectivity index (χ0n) is 13.8. The van der Waals surface area contributed by atoms with Crippen molar-refractivity contribution in [3.8, 4) is 0 Å². The third kappa shape index (κ3) is 2.73. The summed E-state index contributed by atoms with van der Waals surface area (Å²) in [7, 11) is 1.80. The van der Waals surface area contributed by atoms with E-state index in [9.17, 15) is 4.79 Å². The molecule has 3 rings (SSSR count). The molecule has 2 aromatic heterocycles. The Hall–Kier alpha value is -1.88. The molecule has 0 saturated heterocycles. The van der Waals surface area contributed by atoms with E-state index in [0.717, 1.165) is 36.4 Å². The quantitative estimate of drug-likeness (QED) is 0.924. The van der Waals surface area contributed by atoms with Gasteiger partial charge in [0.05, 0.1) is 11.2 Å². The van der Waals surface area contributed by atoms with Gasteiger partial charge < -0.3 is 5.32 Å². The molecule has 0 amide bonds. The lowest BCUT2D eigenvalue weighted by atomic mass is 9.97. The van der Waals surface area contributed by atoms with Gasteiger partial charge in [0.1, 0.15) is 0 Å². The molecule has 0 spiro atoms. The lowest BCUT2D eigenvalue weighted by Gasteiger charge is -2.18. The summed E-state index contributed by atoms with van der Waals surface area (Å²) in [5.74, 6) is 0. The van der Waals surface area contributed by atoms with Gasteiger partial charge in [0, 0.05) is 20.1 Å². The van der Waals surface area contributed by atoms with Crippen LogP contribution in [0.15, 0.2) is 23.0 Å². The molecule has 5 nitrogen and oxygen atoms in total. The van der Waals surface area contributed by atoms with Crippen molar-refractivity contribution in [2.24, 2.45) is 12.5 Å². The highest BCUT2D eigenvalue weighted by Gasteiger charge is 2.19. The van der Waals surface area contributed by atoms with Gasteiger partial charge in [0.15, 0.2) is 5.65 Å². The zero-order valence-corrected chi connectivity index (χ0v) is 13.8. The molecule has 3 heterocycles. The summed E-state index contributed by atoms with van der Waals surface area (Å²) in [4.78, 5) is 17.3. The molecule has 0 bridgehead atoms. The molecular formula is C17H24N4O. The molecule has 2 aromatic rings. The van der Waals surface area contributed by atoms with Crippen LogP contribution in [0.3, 0.4) is 0 Å². The van der Waals surface area contributed by atoms with Crippen molar-refractivity contribution < 1.29 is 0 Å². The van der Waals surface area contributed by atoms with E-state index in [1.54, 1.807) is 11.6 Å². The van der Waals surface area contributed by atoms with Crippen LogP contribution < -0.4 is 11.0 Å². The molecule has 0 fully saturated rings. The average Bonchev–Trinajstić information content (AvgIpc) is 2.71. The normalized spacial score (nSPS) is 16.1. The number of fused-ring (bicyclic) bond motifs is 1. The third-order valence-electron chi connectivity index (χ3n) is 3.97. The first-order valence-corrected chi connectivity index (χ1v) is 7.83. The van der Waals surface area contributed by atoms with E-state index in [0.29, 0.717) is 6.54 Å². The van der Waals surface area contributed by atoms with Gasteiger partial charge in [0.2, 0.25) is 0 Å². The van der Waals surface area contributed by atoms with Gasteiger partial charge in [-0.05, 0) is 36.1 Å². The molecule has 0 radical (unpaired) electrons. The van der Waals surface area contributed by atoms with Crippen LogP contribution in [0.25, 0.3) is 16.7 Å². The van der Waals surface area contributed by atoms with Crippen LogP contribution in [0.4, 0.5) is 0 Å². The Balaban J connectivity index is 2.12. The Kier molecular flexibility index (Phi) is 3.68. The molecule has 0 aliphatic carbocycles. The van der Waals surface area contributed by atoms with Crippen molar-refractivity contribution in [2.75, 3.05) is 13.1 Å². The summed E-state index contributed by atoms with van der Waals surface area (Å²) in [5.41, 5.74) is 3.90. The predicted molar refractivity (Wildman–Crippen MR) is 89.9 cm³/mol. The number of imidazole rings is 1. The first-order chi connectivity index (χ1) is 10.4. The highest BCUT2D eigenvalue weighted by molar-refractivity contribution is 5.76. The Labute approximate surface area is 130 Å². The highest BCUT2D eigenvalue weighted by Crippen LogP contribution is 2.22. The van der Waals surface area contributed by atoms with Crippen molar-refractivity contribution in [2.45, 2.75) is 33.7 Å². The van der Waals surface area contributed by atoms with Gasteiger partial charge in [-0.25, -0.2) is 9.78 Å². The standard InChI is InChI=1S/C17H24N4O/c1-17(2,3)11-21-14-8-7-13(12-6-5-9-18-10-12)19-15(14)20(4)16(21)22/h6-8,18H,5,9-11H2,1-4H3. The van der Waals surface area contributed by atoms with E-state index < -0.39 is 0 Å². The maximum absolute atomic E-state index is 12.5. The summed E-state index contributed by atoms with van der Waals surface area (Å²) >= 11 is 0. The van der Waals surface area contributed by atoms with E-state index >= 15 is 0 Å². The Bertz CT molecular complexity index is 789. The highest BCUT2D eigenvalue weighted by atomic mass is 16.1. The molecule has 118 valence electrons. The number of nitrogens with one attached hydrogen (secondary N) is 1. The van der Waals surface area contributed by atoms with E-state index in [1.807, 2.05) is 16.7 Å². The van der Waals surface area contributed by atoms with Gasteiger partial charge in [-0.1, -0.05) is 26.8 Å². The van der Waals surface area contributed by atoms with Crippen LogP contribution >= 0.6 is 0 Å². The molecule has 1 aliphatic rings. The predicted octanol–water partition coefficient (Wildman–Crippen LogP) is 2.16. The molecule has 5 heteroatoms. The number of aromatic nitrogens is 3. The maximum atomic E-state index is 12.5. The minimum Gasteiger partial charge on any atom is -0.312 e. The lowest BCUT2D eigenvalue weighted by Crippen LogP contribution is -2.27. The van der Waals surface area contributed by atoms with Gasteiger partial charge in [-0.15, -0.1) is 0 Å². The number of hydrogen-bond donors (Lipinski definition) is 1. The largest absolute Gasteiger partial charge is 0.330 e. The van der Waals surface area contributed by atoms with Crippen molar-refractivity contribution >= 4 is 16.7 Å². The van der Waals surface area contributed by atoms with Crippen LogP contribution in [-0.4, -0.2) is 27.2 Å². The number of rotatable bonds is 2. The molecule has 22 heavy (non-hydrogen) atoms. The van der Waals surface area contributed by atoms with Crippen molar-refractivity contribution in [3.05, 3.63) is 34.4 Å².